The van der Waals surface area contributed by atoms with Crippen LogP contribution in [0, 0.1) is 19.8 Å². The van der Waals surface area contributed by atoms with Gasteiger partial charge in [0.05, 0.1) is 16.7 Å². The zero-order valence-corrected chi connectivity index (χ0v) is 14.4. The molecule has 0 saturated carbocycles. The molecule has 2 aromatic heterocycles. The van der Waals surface area contributed by atoms with Gasteiger partial charge in [-0.3, -0.25) is 4.90 Å². The van der Waals surface area contributed by atoms with Crippen molar-refractivity contribution in [1.29, 1.82) is 0 Å². The average Bonchev–Trinajstić information content (AvgIpc) is 3.14. The Morgan fingerprint density at radius 1 is 1.21 bits per heavy atom. The van der Waals surface area contributed by atoms with Gasteiger partial charge in [-0.25, -0.2) is 4.98 Å². The molecule has 0 unspecified atom stereocenters. The molecule has 3 aromatic rings. The number of piperidine rings is 1. The van der Waals surface area contributed by atoms with Gasteiger partial charge in [-0.05, 0) is 57.8 Å². The first-order valence-electron chi connectivity index (χ1n) is 8.77. The smallest absolute Gasteiger partial charge is 0.138 e. The molecule has 0 bridgehead atoms. The number of para-hydroxylation sites is 2. The highest BCUT2D eigenvalue weighted by Gasteiger charge is 2.22. The molecule has 24 heavy (non-hydrogen) atoms. The van der Waals surface area contributed by atoms with Gasteiger partial charge in [-0.2, -0.15) is 0 Å². The predicted molar refractivity (Wildman–Crippen MR) is 93.8 cm³/mol. The van der Waals surface area contributed by atoms with Crippen molar-refractivity contribution in [3.63, 3.8) is 0 Å². The summed E-state index contributed by atoms with van der Waals surface area (Å²) in [5, 5.41) is 4.06. The third-order valence-electron chi connectivity index (χ3n) is 5.19. The number of nitrogens with zero attached hydrogens (tertiary/aromatic N) is 3. The highest BCUT2D eigenvalue weighted by Crippen LogP contribution is 2.24. The minimum absolute atomic E-state index is 0.714. The van der Waals surface area contributed by atoms with Gasteiger partial charge in [0.2, 0.25) is 0 Å². The van der Waals surface area contributed by atoms with Crippen LogP contribution < -0.4 is 0 Å². The zero-order chi connectivity index (χ0) is 16.5. The highest BCUT2D eigenvalue weighted by atomic mass is 16.5. The monoisotopic (exact) mass is 324 g/mol. The minimum Gasteiger partial charge on any atom is -0.361 e. The van der Waals surface area contributed by atoms with Crippen LogP contribution in [-0.4, -0.2) is 33.1 Å². The summed E-state index contributed by atoms with van der Waals surface area (Å²) in [5.41, 5.74) is 4.49. The van der Waals surface area contributed by atoms with E-state index in [1.165, 1.54) is 18.4 Å². The molecular formula is C19H24N4O. The van der Waals surface area contributed by atoms with E-state index in [2.05, 4.69) is 33.2 Å². The van der Waals surface area contributed by atoms with Gasteiger partial charge in [0.25, 0.3) is 0 Å². The normalized spacial score (nSPS) is 16.9. The first-order chi connectivity index (χ1) is 11.7. The molecule has 3 heterocycles. The SMILES string of the molecule is Cc1noc(C)c1CN1CCC(Cc2nc3ccccc3[nH]2)CC1. The van der Waals surface area contributed by atoms with E-state index in [0.29, 0.717) is 5.92 Å². The number of aryl methyl sites for hydroxylation is 2. The van der Waals surface area contributed by atoms with Crippen molar-refractivity contribution < 1.29 is 4.52 Å². The topological polar surface area (TPSA) is 58.0 Å². The molecule has 5 nitrogen and oxygen atoms in total. The minimum atomic E-state index is 0.714. The molecule has 0 radical (unpaired) electrons. The van der Waals surface area contributed by atoms with Crippen LogP contribution in [0.5, 0.6) is 0 Å². The number of imidazole rings is 1. The maximum absolute atomic E-state index is 5.28. The maximum atomic E-state index is 5.28. The van der Waals surface area contributed by atoms with E-state index in [0.717, 1.165) is 54.4 Å². The third kappa shape index (κ3) is 3.08. The van der Waals surface area contributed by atoms with E-state index in [9.17, 15) is 0 Å². The molecule has 1 aromatic carbocycles. The van der Waals surface area contributed by atoms with Crippen molar-refractivity contribution in [2.45, 2.75) is 39.7 Å². The second-order valence-electron chi connectivity index (χ2n) is 6.93. The lowest BCUT2D eigenvalue weighted by atomic mass is 9.93. The number of rotatable bonds is 4. The van der Waals surface area contributed by atoms with Crippen LogP contribution in [0.15, 0.2) is 28.8 Å². The molecule has 1 saturated heterocycles. The number of likely N-dealkylation sites (tertiary alicyclic amines) is 1. The van der Waals surface area contributed by atoms with E-state index >= 15 is 0 Å². The van der Waals surface area contributed by atoms with Gasteiger partial charge in [0.1, 0.15) is 11.6 Å². The second kappa shape index (κ2) is 6.40. The molecule has 1 aliphatic rings. The summed E-state index contributed by atoms with van der Waals surface area (Å²) < 4.78 is 5.28. The van der Waals surface area contributed by atoms with E-state index in [1.807, 2.05) is 19.9 Å². The number of aromatic nitrogens is 3. The number of nitrogens with one attached hydrogen (secondary N) is 1. The Morgan fingerprint density at radius 3 is 2.71 bits per heavy atom. The highest BCUT2D eigenvalue weighted by molar-refractivity contribution is 5.74. The van der Waals surface area contributed by atoms with Crippen LogP contribution in [0.1, 0.15) is 35.7 Å². The Balaban J connectivity index is 1.34. The van der Waals surface area contributed by atoms with Gasteiger partial charge in [0.15, 0.2) is 0 Å². The zero-order valence-electron chi connectivity index (χ0n) is 14.4. The van der Waals surface area contributed by atoms with Crippen molar-refractivity contribution in [1.82, 2.24) is 20.0 Å². The summed E-state index contributed by atoms with van der Waals surface area (Å²) in [7, 11) is 0. The Kier molecular flexibility index (Phi) is 4.10. The van der Waals surface area contributed by atoms with Crippen LogP contribution in [0.4, 0.5) is 0 Å². The lowest BCUT2D eigenvalue weighted by Crippen LogP contribution is -2.34. The molecule has 0 atom stereocenters. The largest absolute Gasteiger partial charge is 0.361 e. The first-order valence-corrected chi connectivity index (χ1v) is 8.77. The second-order valence-corrected chi connectivity index (χ2v) is 6.93. The molecule has 1 N–H and O–H groups in total. The molecule has 126 valence electrons. The fourth-order valence-corrected chi connectivity index (χ4v) is 3.68. The fraction of sp³-hybridized carbons (Fsp3) is 0.474. The third-order valence-corrected chi connectivity index (χ3v) is 5.19. The summed E-state index contributed by atoms with van der Waals surface area (Å²) >= 11 is 0. The standard InChI is InChI=1S/C19H24N4O/c1-13-16(14(2)24-22-13)12-23-9-7-15(8-10-23)11-19-20-17-5-3-4-6-18(17)21-19/h3-6,15H,7-12H2,1-2H3,(H,20,21). The van der Waals surface area contributed by atoms with Crippen molar-refractivity contribution in [3.05, 3.63) is 47.1 Å². The van der Waals surface area contributed by atoms with Crippen LogP contribution in [0.25, 0.3) is 11.0 Å². The first kappa shape index (κ1) is 15.4. The fourth-order valence-electron chi connectivity index (χ4n) is 3.68. The maximum Gasteiger partial charge on any atom is 0.138 e. The molecular weight excluding hydrogens is 300 g/mol. The number of fused-ring (bicyclic) bond motifs is 1. The Bertz CT molecular complexity index is 774. The van der Waals surface area contributed by atoms with E-state index in [-0.39, 0.29) is 0 Å². The molecule has 0 amide bonds. The van der Waals surface area contributed by atoms with Crippen molar-refractivity contribution in [2.75, 3.05) is 13.1 Å². The van der Waals surface area contributed by atoms with Crippen LogP contribution in [0.2, 0.25) is 0 Å². The van der Waals surface area contributed by atoms with E-state index in [4.69, 9.17) is 9.51 Å². The summed E-state index contributed by atoms with van der Waals surface area (Å²) in [6.45, 7) is 7.26. The van der Waals surface area contributed by atoms with Gasteiger partial charge >= 0.3 is 0 Å². The summed E-state index contributed by atoms with van der Waals surface area (Å²) in [5.74, 6) is 2.80. The summed E-state index contributed by atoms with van der Waals surface area (Å²) in [6.07, 6.45) is 3.49. The Hall–Kier alpha value is -2.14. The molecule has 1 aliphatic heterocycles. The molecule has 1 fully saturated rings. The Morgan fingerprint density at radius 2 is 2.00 bits per heavy atom. The molecule has 4 rings (SSSR count). The average molecular weight is 324 g/mol. The predicted octanol–water partition coefficient (Wildman–Crippen LogP) is 3.62. The van der Waals surface area contributed by atoms with Gasteiger partial charge in [-0.15, -0.1) is 0 Å². The summed E-state index contributed by atoms with van der Waals surface area (Å²) in [4.78, 5) is 10.7. The number of H-pyrrole nitrogens is 1. The number of benzene rings is 1. The van der Waals surface area contributed by atoms with E-state index in [1.54, 1.807) is 0 Å². The van der Waals surface area contributed by atoms with Crippen molar-refractivity contribution in [2.24, 2.45) is 5.92 Å². The van der Waals surface area contributed by atoms with Gasteiger partial charge in [-0.1, -0.05) is 17.3 Å². The number of hydrogen-bond donors (Lipinski definition) is 1. The lowest BCUT2D eigenvalue weighted by molar-refractivity contribution is 0.175. The molecule has 0 spiro atoms. The summed E-state index contributed by atoms with van der Waals surface area (Å²) in [6, 6.07) is 8.26. The number of hydrogen-bond acceptors (Lipinski definition) is 4. The van der Waals surface area contributed by atoms with Gasteiger partial charge < -0.3 is 9.51 Å². The van der Waals surface area contributed by atoms with Crippen LogP contribution in [0.3, 0.4) is 0 Å². The van der Waals surface area contributed by atoms with Gasteiger partial charge in [0, 0.05) is 18.5 Å². The lowest BCUT2D eigenvalue weighted by Gasteiger charge is -2.31. The van der Waals surface area contributed by atoms with E-state index < -0.39 is 0 Å². The molecule has 0 aliphatic carbocycles. The molecule has 5 heteroatoms. The van der Waals surface area contributed by atoms with Crippen LogP contribution in [-0.2, 0) is 13.0 Å². The quantitative estimate of drug-likeness (QED) is 0.796. The van der Waals surface area contributed by atoms with Crippen LogP contribution >= 0.6 is 0 Å². The Labute approximate surface area is 142 Å². The van der Waals surface area contributed by atoms with Crippen molar-refractivity contribution >= 4 is 11.0 Å². The van der Waals surface area contributed by atoms with Crippen molar-refractivity contribution in [3.8, 4) is 0 Å². The number of aromatic amines is 1.